The van der Waals surface area contributed by atoms with Crippen molar-refractivity contribution in [2.24, 2.45) is 0 Å². The second-order valence-electron chi connectivity index (χ2n) is 6.24. The van der Waals surface area contributed by atoms with Crippen LogP contribution in [0.15, 0.2) is 81.2 Å². The van der Waals surface area contributed by atoms with Crippen LogP contribution in [0.25, 0.3) is 6.08 Å². The molecular formula is C23H15Br2FN2O. The fourth-order valence-electron chi connectivity index (χ4n) is 2.74. The van der Waals surface area contributed by atoms with Crippen molar-refractivity contribution in [3.63, 3.8) is 0 Å². The van der Waals surface area contributed by atoms with Crippen LogP contribution < -0.4 is 5.32 Å². The number of benzene rings is 3. The summed E-state index contributed by atoms with van der Waals surface area (Å²) in [5.41, 5.74) is 3.21. The lowest BCUT2D eigenvalue weighted by molar-refractivity contribution is -0.112. The summed E-state index contributed by atoms with van der Waals surface area (Å²) in [5.74, 6) is -0.948. The number of nitrogens with zero attached hydrogens (tertiary/aromatic N) is 1. The zero-order chi connectivity index (χ0) is 20.8. The van der Waals surface area contributed by atoms with Crippen molar-refractivity contribution in [2.45, 2.75) is 6.42 Å². The van der Waals surface area contributed by atoms with Gasteiger partial charge < -0.3 is 5.32 Å². The molecule has 0 aliphatic carbocycles. The number of carbonyl (C=O) groups excluding carboxylic acids is 1. The number of carbonyl (C=O) groups is 1. The van der Waals surface area contributed by atoms with Gasteiger partial charge in [-0.25, -0.2) is 4.39 Å². The summed E-state index contributed by atoms with van der Waals surface area (Å²) in [6.07, 6.45) is 2.20. The highest BCUT2D eigenvalue weighted by atomic mass is 79.9. The molecule has 0 spiro atoms. The summed E-state index contributed by atoms with van der Waals surface area (Å²) in [7, 11) is 0. The molecule has 0 heterocycles. The summed E-state index contributed by atoms with van der Waals surface area (Å²) < 4.78 is 14.9. The van der Waals surface area contributed by atoms with E-state index in [2.05, 4.69) is 37.2 Å². The van der Waals surface area contributed by atoms with Gasteiger partial charge in [-0.2, -0.15) is 5.26 Å². The molecule has 29 heavy (non-hydrogen) atoms. The first kappa shape index (κ1) is 21.0. The molecule has 0 saturated heterocycles. The smallest absolute Gasteiger partial charge is 0.266 e. The Morgan fingerprint density at radius 3 is 2.45 bits per heavy atom. The summed E-state index contributed by atoms with van der Waals surface area (Å²) in [5, 5.41) is 12.1. The van der Waals surface area contributed by atoms with Crippen LogP contribution in [0.1, 0.15) is 16.7 Å². The Kier molecular flexibility index (Phi) is 6.97. The molecule has 6 heteroatoms. The normalized spacial score (nSPS) is 11.0. The molecule has 144 valence electrons. The maximum atomic E-state index is 13.0. The molecule has 1 amide bonds. The number of rotatable bonds is 5. The van der Waals surface area contributed by atoms with Gasteiger partial charge in [0.2, 0.25) is 0 Å². The van der Waals surface area contributed by atoms with E-state index in [1.165, 1.54) is 24.3 Å². The predicted molar refractivity (Wildman–Crippen MR) is 120 cm³/mol. The molecule has 0 aromatic heterocycles. The highest BCUT2D eigenvalue weighted by Crippen LogP contribution is 2.25. The quantitative estimate of drug-likeness (QED) is 0.313. The van der Waals surface area contributed by atoms with E-state index < -0.39 is 11.7 Å². The molecular weight excluding hydrogens is 499 g/mol. The number of hydrogen-bond acceptors (Lipinski definition) is 2. The molecule has 0 bridgehead atoms. The van der Waals surface area contributed by atoms with Crippen LogP contribution in [0.2, 0.25) is 0 Å². The summed E-state index contributed by atoms with van der Waals surface area (Å²) in [6, 6.07) is 21.0. The lowest BCUT2D eigenvalue weighted by atomic mass is 9.98. The van der Waals surface area contributed by atoms with Crippen LogP contribution in [0.5, 0.6) is 0 Å². The van der Waals surface area contributed by atoms with Gasteiger partial charge in [0.05, 0.1) is 0 Å². The second kappa shape index (κ2) is 9.64. The van der Waals surface area contributed by atoms with Gasteiger partial charge in [0.25, 0.3) is 5.91 Å². The van der Waals surface area contributed by atoms with E-state index in [0.29, 0.717) is 12.1 Å². The Bertz CT molecular complexity index is 1120. The third-order valence-corrected chi connectivity index (χ3v) is 5.48. The lowest BCUT2D eigenvalue weighted by Crippen LogP contribution is -2.13. The fourth-order valence-corrected chi connectivity index (χ4v) is 3.55. The van der Waals surface area contributed by atoms with Crippen LogP contribution in [-0.4, -0.2) is 5.91 Å². The minimum Gasteiger partial charge on any atom is -0.321 e. The van der Waals surface area contributed by atoms with Crippen molar-refractivity contribution in [1.82, 2.24) is 0 Å². The summed E-state index contributed by atoms with van der Waals surface area (Å²) >= 11 is 7.00. The molecule has 3 rings (SSSR count). The molecule has 1 N–H and O–H groups in total. The first-order valence-electron chi connectivity index (χ1n) is 8.67. The molecule has 0 fully saturated rings. The molecule has 0 unspecified atom stereocenters. The maximum Gasteiger partial charge on any atom is 0.266 e. The van der Waals surface area contributed by atoms with Crippen molar-refractivity contribution in [3.05, 3.63) is 104 Å². The minimum absolute atomic E-state index is 0.0409. The van der Waals surface area contributed by atoms with Crippen molar-refractivity contribution < 1.29 is 9.18 Å². The molecule has 0 aliphatic rings. The molecule has 3 nitrogen and oxygen atoms in total. The van der Waals surface area contributed by atoms with E-state index in [1.807, 2.05) is 48.5 Å². The van der Waals surface area contributed by atoms with Gasteiger partial charge in [-0.15, -0.1) is 0 Å². The van der Waals surface area contributed by atoms with Crippen LogP contribution in [-0.2, 0) is 11.2 Å². The van der Waals surface area contributed by atoms with Crippen molar-refractivity contribution in [2.75, 3.05) is 5.32 Å². The predicted octanol–water partition coefficient (Wildman–Crippen LogP) is 6.49. The Hall–Kier alpha value is -2.75. The molecule has 0 aliphatic heterocycles. The number of amides is 1. The molecule has 3 aromatic carbocycles. The Balaban J connectivity index is 1.91. The number of nitriles is 1. The molecule has 0 radical (unpaired) electrons. The average molecular weight is 514 g/mol. The van der Waals surface area contributed by atoms with Crippen LogP contribution in [0.4, 0.5) is 10.1 Å². The molecule has 3 aromatic rings. The zero-order valence-electron chi connectivity index (χ0n) is 15.1. The molecule has 0 atom stereocenters. The van der Waals surface area contributed by atoms with Gasteiger partial charge in [0, 0.05) is 14.6 Å². The van der Waals surface area contributed by atoms with Gasteiger partial charge in [0.15, 0.2) is 0 Å². The second-order valence-corrected chi connectivity index (χ2v) is 8.01. The topological polar surface area (TPSA) is 52.9 Å². The van der Waals surface area contributed by atoms with Gasteiger partial charge in [-0.05, 0) is 71.7 Å². The van der Waals surface area contributed by atoms with Crippen LogP contribution >= 0.6 is 31.9 Å². The maximum absolute atomic E-state index is 13.0. The van der Waals surface area contributed by atoms with E-state index in [4.69, 9.17) is 0 Å². The third-order valence-electron chi connectivity index (χ3n) is 4.21. The first-order valence-corrected chi connectivity index (χ1v) is 10.3. The number of hydrogen-bond donors (Lipinski definition) is 1. The highest BCUT2D eigenvalue weighted by molar-refractivity contribution is 9.10. The van der Waals surface area contributed by atoms with Gasteiger partial charge in [-0.3, -0.25) is 4.79 Å². The standard InChI is InChI=1S/C23H15Br2FN2O/c24-19-6-5-15(11-16-3-1-2-4-22(16)25)17(13-19)12-18(14-27)23(29)28-21-9-7-20(26)8-10-21/h1-10,12-13H,11H2,(H,28,29)/b18-12+. The van der Waals surface area contributed by atoms with E-state index in [1.54, 1.807) is 6.08 Å². The van der Waals surface area contributed by atoms with Crippen LogP contribution in [0, 0.1) is 17.1 Å². The largest absolute Gasteiger partial charge is 0.321 e. The van der Waals surface area contributed by atoms with Gasteiger partial charge in [-0.1, -0.05) is 56.1 Å². The van der Waals surface area contributed by atoms with Crippen molar-refractivity contribution >= 4 is 49.5 Å². The summed E-state index contributed by atoms with van der Waals surface area (Å²) in [6.45, 7) is 0. The lowest BCUT2D eigenvalue weighted by Gasteiger charge is -2.10. The average Bonchev–Trinajstić information content (AvgIpc) is 2.71. The highest BCUT2D eigenvalue weighted by Gasteiger charge is 2.12. The number of anilines is 1. The summed E-state index contributed by atoms with van der Waals surface area (Å²) in [4.78, 5) is 12.5. The van der Waals surface area contributed by atoms with E-state index in [9.17, 15) is 14.4 Å². The Labute approximate surface area is 185 Å². The number of halogens is 3. The molecule has 0 saturated carbocycles. The fraction of sp³-hybridized carbons (Fsp3) is 0.0435. The van der Waals surface area contributed by atoms with Crippen molar-refractivity contribution in [3.8, 4) is 6.07 Å². The van der Waals surface area contributed by atoms with E-state index in [-0.39, 0.29) is 5.57 Å². The number of nitrogens with one attached hydrogen (secondary N) is 1. The van der Waals surface area contributed by atoms with E-state index >= 15 is 0 Å². The Morgan fingerprint density at radius 2 is 1.76 bits per heavy atom. The monoisotopic (exact) mass is 512 g/mol. The minimum atomic E-state index is -0.550. The first-order chi connectivity index (χ1) is 14.0. The SMILES string of the molecule is N#C/C(=C\c1cc(Br)ccc1Cc1ccccc1Br)C(=O)Nc1ccc(F)cc1. The van der Waals surface area contributed by atoms with Crippen molar-refractivity contribution in [1.29, 1.82) is 5.26 Å². The van der Waals surface area contributed by atoms with E-state index in [0.717, 1.165) is 25.6 Å². The van der Waals surface area contributed by atoms with Crippen LogP contribution in [0.3, 0.4) is 0 Å². The van der Waals surface area contributed by atoms with Gasteiger partial charge in [0.1, 0.15) is 17.5 Å². The zero-order valence-corrected chi connectivity index (χ0v) is 18.3. The van der Waals surface area contributed by atoms with Gasteiger partial charge >= 0.3 is 0 Å². The third kappa shape index (κ3) is 5.63. The Morgan fingerprint density at radius 1 is 1.03 bits per heavy atom.